The highest BCUT2D eigenvalue weighted by Crippen LogP contribution is 2.29. The molecule has 0 saturated heterocycles. The van der Waals surface area contributed by atoms with Crippen molar-refractivity contribution >= 4 is 34.3 Å². The summed E-state index contributed by atoms with van der Waals surface area (Å²) >= 11 is 0. The standard InChI is InChI=1S/C25H26N6O5/c1-14(20(32)11-15-4-3-5-15)28-24(34)19-12-17(29-22-8-9-27-31(19)22)23(33)26-13-16-6-7-21-18(10-16)30(2)25(35)36-21/h6-10,12,14-15H,3-5,11,13H2,1-2H3,(H,26,33)(H,28,34)/t14-/m0/s1. The zero-order chi connectivity index (χ0) is 25.4. The van der Waals surface area contributed by atoms with Crippen LogP contribution in [-0.2, 0) is 18.4 Å². The number of benzene rings is 1. The molecule has 0 radical (unpaired) electrons. The second-order valence-corrected chi connectivity index (χ2v) is 9.20. The molecule has 0 aliphatic heterocycles. The third kappa shape index (κ3) is 4.51. The number of hydrogen-bond donors (Lipinski definition) is 2. The number of ketones is 1. The Morgan fingerprint density at radius 3 is 2.72 bits per heavy atom. The lowest BCUT2D eigenvalue weighted by Gasteiger charge is -2.25. The largest absolute Gasteiger partial charge is 0.419 e. The zero-order valence-electron chi connectivity index (χ0n) is 20.0. The highest BCUT2D eigenvalue weighted by Gasteiger charge is 2.26. The topological polar surface area (TPSA) is 141 Å². The number of nitrogens with one attached hydrogen (secondary N) is 2. The van der Waals surface area contributed by atoms with Gasteiger partial charge >= 0.3 is 5.76 Å². The van der Waals surface area contributed by atoms with E-state index in [9.17, 15) is 19.2 Å². The average Bonchev–Trinajstić information content (AvgIpc) is 3.43. The number of fused-ring (bicyclic) bond motifs is 2. The first kappa shape index (κ1) is 23.5. The van der Waals surface area contributed by atoms with E-state index >= 15 is 0 Å². The summed E-state index contributed by atoms with van der Waals surface area (Å²) in [6.45, 7) is 1.84. The lowest BCUT2D eigenvalue weighted by molar-refractivity contribution is -0.122. The van der Waals surface area contributed by atoms with Crippen LogP contribution in [0.15, 0.2) is 45.7 Å². The summed E-state index contributed by atoms with van der Waals surface area (Å²) in [7, 11) is 1.61. The van der Waals surface area contributed by atoms with Crippen LogP contribution in [-0.4, -0.2) is 42.8 Å². The monoisotopic (exact) mass is 490 g/mol. The van der Waals surface area contributed by atoms with E-state index in [-0.39, 0.29) is 23.7 Å². The maximum absolute atomic E-state index is 13.0. The van der Waals surface area contributed by atoms with Crippen LogP contribution in [0.25, 0.3) is 16.7 Å². The van der Waals surface area contributed by atoms with E-state index < -0.39 is 23.6 Å². The van der Waals surface area contributed by atoms with Gasteiger partial charge in [0, 0.05) is 32.1 Å². The lowest BCUT2D eigenvalue weighted by Crippen LogP contribution is -2.40. The van der Waals surface area contributed by atoms with Gasteiger partial charge in [-0.1, -0.05) is 25.3 Å². The first-order chi connectivity index (χ1) is 17.3. The molecule has 1 fully saturated rings. The molecule has 0 unspecified atom stereocenters. The molecule has 2 amide bonds. The summed E-state index contributed by atoms with van der Waals surface area (Å²) in [5.74, 6) is -1.06. The molecule has 3 aromatic heterocycles. The predicted octanol–water partition coefficient (Wildman–Crippen LogP) is 1.98. The minimum Gasteiger partial charge on any atom is -0.408 e. The van der Waals surface area contributed by atoms with Crippen molar-refractivity contribution in [1.82, 2.24) is 29.8 Å². The fourth-order valence-corrected chi connectivity index (χ4v) is 4.26. The molecule has 1 atom stereocenters. The van der Waals surface area contributed by atoms with Crippen molar-refractivity contribution in [3.05, 3.63) is 64.0 Å². The number of Topliss-reactive ketones (excluding diaryl/α,β-unsaturated/α-hetero) is 1. The first-order valence-corrected chi connectivity index (χ1v) is 11.8. The number of nitrogens with zero attached hydrogens (tertiary/aromatic N) is 4. The van der Waals surface area contributed by atoms with E-state index in [0.717, 1.165) is 24.8 Å². The van der Waals surface area contributed by atoms with Gasteiger partial charge in [-0.2, -0.15) is 5.10 Å². The molecule has 0 bridgehead atoms. The van der Waals surface area contributed by atoms with Gasteiger partial charge in [-0.05, 0) is 30.5 Å². The number of oxazole rings is 1. The number of hydrogen-bond acceptors (Lipinski definition) is 7. The molecule has 4 aromatic rings. The summed E-state index contributed by atoms with van der Waals surface area (Å²) < 4.78 is 7.85. The summed E-state index contributed by atoms with van der Waals surface area (Å²) in [6.07, 6.45) is 5.20. The number of carbonyl (C=O) groups is 3. The molecule has 1 aliphatic carbocycles. The molecule has 1 aromatic carbocycles. The van der Waals surface area contributed by atoms with Crippen LogP contribution in [0.3, 0.4) is 0 Å². The fourth-order valence-electron chi connectivity index (χ4n) is 4.26. The van der Waals surface area contributed by atoms with Gasteiger partial charge in [0.2, 0.25) is 0 Å². The molecule has 11 nitrogen and oxygen atoms in total. The number of rotatable bonds is 8. The molecule has 186 valence electrons. The number of amides is 2. The van der Waals surface area contributed by atoms with Crippen molar-refractivity contribution in [2.24, 2.45) is 13.0 Å². The molecule has 5 rings (SSSR count). The maximum Gasteiger partial charge on any atom is 0.419 e. The maximum atomic E-state index is 13.0. The Morgan fingerprint density at radius 2 is 1.97 bits per heavy atom. The second-order valence-electron chi connectivity index (χ2n) is 9.20. The quantitative estimate of drug-likeness (QED) is 0.385. The number of carbonyl (C=O) groups excluding carboxylic acids is 3. The zero-order valence-corrected chi connectivity index (χ0v) is 20.0. The van der Waals surface area contributed by atoms with Gasteiger partial charge < -0.3 is 15.1 Å². The Bertz CT molecular complexity index is 1540. The van der Waals surface area contributed by atoms with Crippen molar-refractivity contribution in [2.45, 2.75) is 45.2 Å². The van der Waals surface area contributed by atoms with E-state index in [4.69, 9.17) is 4.42 Å². The Labute approximate surface area is 205 Å². The van der Waals surface area contributed by atoms with E-state index in [0.29, 0.717) is 29.1 Å². The predicted molar refractivity (Wildman–Crippen MR) is 130 cm³/mol. The molecule has 1 aliphatic rings. The van der Waals surface area contributed by atoms with Crippen molar-refractivity contribution in [3.8, 4) is 0 Å². The Kier molecular flexibility index (Phi) is 6.13. The fraction of sp³-hybridized carbons (Fsp3) is 0.360. The third-order valence-electron chi connectivity index (χ3n) is 6.68. The van der Waals surface area contributed by atoms with E-state index in [2.05, 4.69) is 20.7 Å². The van der Waals surface area contributed by atoms with E-state index in [1.165, 1.54) is 21.3 Å². The normalized spacial score (nSPS) is 14.5. The van der Waals surface area contributed by atoms with Gasteiger partial charge in [-0.25, -0.2) is 14.3 Å². The van der Waals surface area contributed by atoms with Gasteiger partial charge in [0.1, 0.15) is 11.4 Å². The Morgan fingerprint density at radius 1 is 1.17 bits per heavy atom. The summed E-state index contributed by atoms with van der Waals surface area (Å²) in [6, 6.07) is 7.48. The van der Waals surface area contributed by atoms with Crippen molar-refractivity contribution in [3.63, 3.8) is 0 Å². The minimum atomic E-state index is -0.650. The van der Waals surface area contributed by atoms with Crippen LogP contribution >= 0.6 is 0 Å². The second kappa shape index (κ2) is 9.40. The van der Waals surface area contributed by atoms with E-state index in [1.54, 1.807) is 38.2 Å². The molecular formula is C25H26N6O5. The van der Waals surface area contributed by atoms with Crippen molar-refractivity contribution < 1.29 is 18.8 Å². The lowest BCUT2D eigenvalue weighted by atomic mass is 9.81. The minimum absolute atomic E-state index is 0.0103. The van der Waals surface area contributed by atoms with E-state index in [1.807, 2.05) is 0 Å². The van der Waals surface area contributed by atoms with Crippen molar-refractivity contribution in [2.75, 3.05) is 0 Å². The summed E-state index contributed by atoms with van der Waals surface area (Å²) in [5.41, 5.74) is 2.31. The van der Waals surface area contributed by atoms with Crippen molar-refractivity contribution in [1.29, 1.82) is 0 Å². The number of aromatic nitrogens is 4. The molecule has 11 heteroatoms. The van der Waals surface area contributed by atoms with Crippen LogP contribution in [0, 0.1) is 5.92 Å². The molecule has 3 heterocycles. The Hall–Kier alpha value is -4.28. The third-order valence-corrected chi connectivity index (χ3v) is 6.68. The molecular weight excluding hydrogens is 464 g/mol. The van der Waals surface area contributed by atoms with Gasteiger partial charge in [-0.3, -0.25) is 19.0 Å². The van der Waals surface area contributed by atoms with Crippen LogP contribution in [0.1, 0.15) is 59.1 Å². The van der Waals surface area contributed by atoms with Crippen LogP contribution in [0.4, 0.5) is 0 Å². The van der Waals surface area contributed by atoms with Crippen LogP contribution < -0.4 is 16.4 Å². The van der Waals surface area contributed by atoms with Gasteiger partial charge in [0.05, 0.1) is 17.8 Å². The van der Waals surface area contributed by atoms with Crippen LogP contribution in [0.2, 0.25) is 0 Å². The summed E-state index contributed by atoms with van der Waals surface area (Å²) in [4.78, 5) is 54.5. The van der Waals surface area contributed by atoms with Gasteiger partial charge in [-0.15, -0.1) is 0 Å². The number of aryl methyl sites for hydroxylation is 1. The average molecular weight is 491 g/mol. The highest BCUT2D eigenvalue weighted by molar-refractivity contribution is 6.00. The highest BCUT2D eigenvalue weighted by atomic mass is 16.4. The molecule has 2 N–H and O–H groups in total. The van der Waals surface area contributed by atoms with Crippen LogP contribution in [0.5, 0.6) is 0 Å². The SMILES string of the molecule is C[C@H](NC(=O)c1cc(C(=O)NCc2ccc3oc(=O)n(C)c3c2)nc2ccnn12)C(=O)CC1CCC1. The molecule has 0 spiro atoms. The Balaban J connectivity index is 1.31. The summed E-state index contributed by atoms with van der Waals surface area (Å²) in [5, 5.41) is 9.66. The van der Waals surface area contributed by atoms with Gasteiger partial charge in [0.15, 0.2) is 17.0 Å². The van der Waals surface area contributed by atoms with Gasteiger partial charge in [0.25, 0.3) is 11.8 Å². The first-order valence-electron chi connectivity index (χ1n) is 11.8. The molecule has 36 heavy (non-hydrogen) atoms. The molecule has 1 saturated carbocycles. The smallest absolute Gasteiger partial charge is 0.408 e.